The highest BCUT2D eigenvalue weighted by molar-refractivity contribution is 5.77. The van der Waals surface area contributed by atoms with Gasteiger partial charge in [0.15, 0.2) is 0 Å². The number of rotatable bonds is 8. The number of hydrogen-bond acceptors (Lipinski definition) is 3. The molecule has 0 bridgehead atoms. The van der Waals surface area contributed by atoms with Crippen LogP contribution in [0.1, 0.15) is 52.5 Å². The van der Waals surface area contributed by atoms with Crippen molar-refractivity contribution < 1.29 is 9.90 Å². The number of amides is 1. The van der Waals surface area contributed by atoms with Gasteiger partial charge in [-0.3, -0.25) is 4.79 Å². The Morgan fingerprint density at radius 2 is 2.26 bits per heavy atom. The molecule has 0 aromatic carbocycles. The van der Waals surface area contributed by atoms with Gasteiger partial charge in [-0.25, -0.2) is 4.98 Å². The van der Waals surface area contributed by atoms with Gasteiger partial charge in [0.1, 0.15) is 0 Å². The van der Waals surface area contributed by atoms with Gasteiger partial charge in [0.2, 0.25) is 5.91 Å². The van der Waals surface area contributed by atoms with E-state index in [-0.39, 0.29) is 24.1 Å². The van der Waals surface area contributed by atoms with E-state index in [1.807, 2.05) is 24.6 Å². The molecule has 1 atom stereocenters. The summed E-state index contributed by atoms with van der Waals surface area (Å²) in [7, 11) is 0. The van der Waals surface area contributed by atoms with Crippen LogP contribution in [0.5, 0.6) is 0 Å². The second-order valence-electron chi connectivity index (χ2n) is 5.56. The van der Waals surface area contributed by atoms with Gasteiger partial charge in [-0.05, 0) is 26.7 Å². The summed E-state index contributed by atoms with van der Waals surface area (Å²) in [5.41, 5.74) is -0.364. The Morgan fingerprint density at radius 1 is 1.53 bits per heavy atom. The average molecular weight is 267 g/mol. The summed E-state index contributed by atoms with van der Waals surface area (Å²) in [4.78, 5) is 16.1. The van der Waals surface area contributed by atoms with Gasteiger partial charge < -0.3 is 15.0 Å². The molecular weight excluding hydrogens is 242 g/mol. The van der Waals surface area contributed by atoms with E-state index in [0.717, 1.165) is 12.8 Å². The lowest BCUT2D eigenvalue weighted by molar-refractivity contribution is -0.123. The standard InChI is InChI=1S/C14H25N3O2/c1-4-5-12(17-8-7-15-11-17)10-13(19)16-14(2,3)6-9-18/h7-8,11-12,18H,4-6,9-10H2,1-3H3,(H,16,19). The number of nitrogens with one attached hydrogen (secondary N) is 1. The van der Waals surface area contributed by atoms with Gasteiger partial charge >= 0.3 is 0 Å². The molecule has 1 heterocycles. The van der Waals surface area contributed by atoms with E-state index in [1.54, 1.807) is 12.5 Å². The summed E-state index contributed by atoms with van der Waals surface area (Å²) in [6, 6.07) is 0.150. The van der Waals surface area contributed by atoms with E-state index < -0.39 is 0 Å². The Morgan fingerprint density at radius 3 is 2.79 bits per heavy atom. The van der Waals surface area contributed by atoms with E-state index in [2.05, 4.69) is 17.2 Å². The largest absolute Gasteiger partial charge is 0.396 e. The molecule has 0 fully saturated rings. The number of carbonyl (C=O) groups excluding carboxylic acids is 1. The zero-order valence-electron chi connectivity index (χ0n) is 12.1. The molecule has 2 N–H and O–H groups in total. The highest BCUT2D eigenvalue weighted by Crippen LogP contribution is 2.18. The summed E-state index contributed by atoms with van der Waals surface area (Å²) < 4.78 is 1.99. The van der Waals surface area contributed by atoms with Gasteiger partial charge in [-0.15, -0.1) is 0 Å². The molecule has 1 aromatic heterocycles. The minimum Gasteiger partial charge on any atom is -0.396 e. The lowest BCUT2D eigenvalue weighted by atomic mass is 10.00. The number of aliphatic hydroxyl groups is 1. The summed E-state index contributed by atoms with van der Waals surface area (Å²) >= 11 is 0. The normalized spacial score (nSPS) is 13.3. The minimum absolute atomic E-state index is 0.0191. The summed E-state index contributed by atoms with van der Waals surface area (Å²) in [5.74, 6) is 0.0191. The molecule has 0 spiro atoms. The van der Waals surface area contributed by atoms with E-state index in [1.165, 1.54) is 0 Å². The molecule has 1 unspecified atom stereocenters. The number of hydrogen-bond donors (Lipinski definition) is 2. The third-order valence-electron chi connectivity index (χ3n) is 3.20. The predicted octanol–water partition coefficient (Wildman–Crippen LogP) is 1.89. The summed E-state index contributed by atoms with van der Waals surface area (Å²) in [6.45, 7) is 6.03. The molecule has 5 nitrogen and oxygen atoms in total. The number of aromatic nitrogens is 2. The van der Waals surface area contributed by atoms with Crippen molar-refractivity contribution in [2.45, 2.75) is 58.0 Å². The number of aliphatic hydroxyl groups excluding tert-OH is 1. The molecular formula is C14H25N3O2. The van der Waals surface area contributed by atoms with Crippen LogP contribution in [-0.4, -0.2) is 32.7 Å². The van der Waals surface area contributed by atoms with Crippen LogP contribution in [0.25, 0.3) is 0 Å². The lowest BCUT2D eigenvalue weighted by Crippen LogP contribution is -2.44. The Balaban J connectivity index is 2.57. The Hall–Kier alpha value is -1.36. The zero-order chi connectivity index (χ0) is 14.3. The monoisotopic (exact) mass is 267 g/mol. The topological polar surface area (TPSA) is 67.2 Å². The first kappa shape index (κ1) is 15.7. The highest BCUT2D eigenvalue weighted by Gasteiger charge is 2.22. The van der Waals surface area contributed by atoms with Gasteiger partial charge in [0, 0.05) is 37.0 Å². The molecule has 0 aliphatic rings. The van der Waals surface area contributed by atoms with Crippen molar-refractivity contribution in [3.63, 3.8) is 0 Å². The first-order valence-electron chi connectivity index (χ1n) is 6.88. The van der Waals surface area contributed by atoms with Crippen LogP contribution in [0.4, 0.5) is 0 Å². The van der Waals surface area contributed by atoms with Crippen LogP contribution in [0.3, 0.4) is 0 Å². The van der Waals surface area contributed by atoms with Crippen LogP contribution < -0.4 is 5.32 Å². The van der Waals surface area contributed by atoms with Crippen LogP contribution in [0.15, 0.2) is 18.7 Å². The maximum absolute atomic E-state index is 12.1. The maximum Gasteiger partial charge on any atom is 0.222 e. The van der Waals surface area contributed by atoms with Crippen molar-refractivity contribution in [1.29, 1.82) is 0 Å². The Kier molecular flexibility index (Phi) is 6.02. The van der Waals surface area contributed by atoms with Crippen LogP contribution in [-0.2, 0) is 4.79 Å². The fourth-order valence-electron chi connectivity index (χ4n) is 2.16. The van der Waals surface area contributed by atoms with E-state index in [9.17, 15) is 4.79 Å². The van der Waals surface area contributed by atoms with Crippen LogP contribution >= 0.6 is 0 Å². The first-order valence-corrected chi connectivity index (χ1v) is 6.88. The fourth-order valence-corrected chi connectivity index (χ4v) is 2.16. The molecule has 0 aliphatic heterocycles. The van der Waals surface area contributed by atoms with Gasteiger partial charge in [0.05, 0.1) is 6.33 Å². The number of nitrogens with zero attached hydrogens (tertiary/aromatic N) is 2. The fraction of sp³-hybridized carbons (Fsp3) is 0.714. The molecule has 0 radical (unpaired) electrons. The summed E-state index contributed by atoms with van der Waals surface area (Å²) in [6.07, 6.45) is 8.36. The van der Waals surface area contributed by atoms with Gasteiger partial charge in [-0.1, -0.05) is 13.3 Å². The van der Waals surface area contributed by atoms with Crippen molar-refractivity contribution >= 4 is 5.91 Å². The molecule has 0 saturated carbocycles. The molecule has 108 valence electrons. The van der Waals surface area contributed by atoms with Crippen molar-refractivity contribution in [1.82, 2.24) is 14.9 Å². The second kappa shape index (κ2) is 7.28. The van der Waals surface area contributed by atoms with E-state index >= 15 is 0 Å². The third-order valence-corrected chi connectivity index (χ3v) is 3.20. The van der Waals surface area contributed by atoms with Crippen molar-refractivity contribution in [2.75, 3.05) is 6.61 Å². The number of carbonyl (C=O) groups is 1. The van der Waals surface area contributed by atoms with Crippen molar-refractivity contribution in [2.24, 2.45) is 0 Å². The predicted molar refractivity (Wildman–Crippen MR) is 74.7 cm³/mol. The molecule has 0 saturated heterocycles. The second-order valence-corrected chi connectivity index (χ2v) is 5.56. The number of imidazole rings is 1. The average Bonchev–Trinajstić information content (AvgIpc) is 2.80. The molecule has 1 amide bonds. The third kappa shape index (κ3) is 5.42. The lowest BCUT2D eigenvalue weighted by Gasteiger charge is -2.27. The van der Waals surface area contributed by atoms with Gasteiger partial charge in [0.25, 0.3) is 0 Å². The van der Waals surface area contributed by atoms with Crippen molar-refractivity contribution in [3.05, 3.63) is 18.7 Å². The minimum atomic E-state index is -0.364. The van der Waals surface area contributed by atoms with Gasteiger partial charge in [-0.2, -0.15) is 0 Å². The molecule has 1 aromatic rings. The van der Waals surface area contributed by atoms with E-state index in [0.29, 0.717) is 12.8 Å². The molecule has 19 heavy (non-hydrogen) atoms. The van der Waals surface area contributed by atoms with Crippen LogP contribution in [0, 0.1) is 0 Å². The van der Waals surface area contributed by atoms with Crippen LogP contribution in [0.2, 0.25) is 0 Å². The summed E-state index contributed by atoms with van der Waals surface area (Å²) in [5, 5.41) is 11.9. The maximum atomic E-state index is 12.1. The Bertz CT molecular complexity index is 374. The first-order chi connectivity index (χ1) is 8.98. The highest BCUT2D eigenvalue weighted by atomic mass is 16.3. The molecule has 0 aliphatic carbocycles. The molecule has 1 rings (SSSR count). The smallest absolute Gasteiger partial charge is 0.222 e. The van der Waals surface area contributed by atoms with E-state index in [4.69, 9.17) is 5.11 Å². The quantitative estimate of drug-likeness (QED) is 0.756. The Labute approximate surface area is 115 Å². The zero-order valence-corrected chi connectivity index (χ0v) is 12.1. The molecule has 5 heteroatoms. The SMILES string of the molecule is CCCC(CC(=O)NC(C)(C)CCO)n1ccnc1. The van der Waals surface area contributed by atoms with Crippen molar-refractivity contribution in [3.8, 4) is 0 Å².